The molecule has 8 N–H and O–H groups in total. The van der Waals surface area contributed by atoms with E-state index in [-0.39, 0.29) is 6.61 Å². The summed E-state index contributed by atoms with van der Waals surface area (Å²) >= 11 is 0. The number of ether oxygens (including phenoxy) is 2. The molecule has 0 radical (unpaired) electrons. The van der Waals surface area contributed by atoms with Crippen molar-refractivity contribution in [2.45, 2.75) is 56.5 Å². The highest BCUT2D eigenvalue weighted by molar-refractivity contribution is 5.78. The molecule has 12 heteroatoms. The highest BCUT2D eigenvalue weighted by atomic mass is 16.7. The minimum Gasteiger partial charge on any atom is -0.462 e. The Bertz CT molecular complexity index is 532. The Morgan fingerprint density at radius 3 is 2.50 bits per heavy atom. The number of hydrogen-bond acceptors (Lipinski definition) is 9. The molecule has 0 spiro atoms. The molecule has 0 aromatic rings. The smallest absolute Gasteiger partial charge is 0.366 e. The van der Waals surface area contributed by atoms with Crippen LogP contribution in [0.4, 0.5) is 4.79 Å². The van der Waals surface area contributed by atoms with Gasteiger partial charge in [0.2, 0.25) is 5.91 Å². The first-order valence-corrected chi connectivity index (χ1v) is 7.93. The van der Waals surface area contributed by atoms with Gasteiger partial charge in [-0.05, 0) is 6.92 Å². The molecule has 1 fully saturated rings. The van der Waals surface area contributed by atoms with E-state index in [2.05, 4.69) is 15.4 Å². The number of aliphatic hydroxyl groups excluding tert-OH is 3. The van der Waals surface area contributed by atoms with Crippen LogP contribution in [0.25, 0.3) is 0 Å². The van der Waals surface area contributed by atoms with Crippen LogP contribution in [0.1, 0.15) is 20.3 Å². The Kier molecular flexibility index (Phi) is 7.71. The minimum absolute atomic E-state index is 0.0753. The maximum atomic E-state index is 11.9. The second-order valence-electron chi connectivity index (χ2n) is 5.89. The van der Waals surface area contributed by atoms with Gasteiger partial charge in [0.25, 0.3) is 5.79 Å². The van der Waals surface area contributed by atoms with Crippen molar-refractivity contribution in [1.82, 2.24) is 10.6 Å². The molecule has 26 heavy (non-hydrogen) atoms. The zero-order chi connectivity index (χ0) is 20.1. The lowest BCUT2D eigenvalue weighted by Gasteiger charge is -2.45. The van der Waals surface area contributed by atoms with Crippen molar-refractivity contribution in [3.05, 3.63) is 0 Å². The summed E-state index contributed by atoms with van der Waals surface area (Å²) in [6.45, 7) is 2.09. The summed E-state index contributed by atoms with van der Waals surface area (Å²) < 4.78 is 9.90. The van der Waals surface area contributed by atoms with Crippen LogP contribution in [-0.4, -0.2) is 87.7 Å². The number of amides is 3. The zero-order valence-electron chi connectivity index (χ0n) is 14.4. The predicted molar refractivity (Wildman–Crippen MR) is 84.3 cm³/mol. The van der Waals surface area contributed by atoms with Crippen LogP contribution in [0.3, 0.4) is 0 Å². The van der Waals surface area contributed by atoms with Gasteiger partial charge >= 0.3 is 12.0 Å². The molecule has 3 amide bonds. The lowest BCUT2D eigenvalue weighted by Crippen LogP contribution is -2.67. The summed E-state index contributed by atoms with van der Waals surface area (Å²) in [6.07, 6.45) is -7.18. The molecule has 0 aromatic carbocycles. The summed E-state index contributed by atoms with van der Waals surface area (Å²) in [4.78, 5) is 34.0. The first-order valence-electron chi connectivity index (χ1n) is 7.93. The van der Waals surface area contributed by atoms with Crippen molar-refractivity contribution in [1.29, 1.82) is 0 Å². The number of hydrogen-bond donors (Lipinski definition) is 7. The van der Waals surface area contributed by atoms with Gasteiger partial charge in [0, 0.05) is 19.9 Å². The van der Waals surface area contributed by atoms with Gasteiger partial charge in [-0.15, -0.1) is 0 Å². The summed E-state index contributed by atoms with van der Waals surface area (Å²) in [6, 6.07) is -2.21. The van der Waals surface area contributed by atoms with E-state index in [1.807, 2.05) is 0 Å². The standard InChI is InChI=1S/C14H25N3O9/c1-3-25-12(22)14(24)4-7(19)9(17-6(2)18)11(26-14)10(21)8(20)5-16-13(15)23/h7-11,19-21,24H,3-5H2,1-2H3,(H,17,18)(H3,15,16,23)/t7-,8+,9+,10+,11?,14-/m0/s1. The maximum absolute atomic E-state index is 11.9. The van der Waals surface area contributed by atoms with Gasteiger partial charge in [0.05, 0.1) is 24.9 Å². The van der Waals surface area contributed by atoms with Crippen LogP contribution in [0.5, 0.6) is 0 Å². The maximum Gasteiger partial charge on any atom is 0.366 e. The summed E-state index contributed by atoms with van der Waals surface area (Å²) in [7, 11) is 0. The van der Waals surface area contributed by atoms with E-state index in [1.54, 1.807) is 0 Å². The minimum atomic E-state index is -2.59. The van der Waals surface area contributed by atoms with Crippen molar-refractivity contribution in [3.8, 4) is 0 Å². The first kappa shape index (κ1) is 22.1. The van der Waals surface area contributed by atoms with Crippen LogP contribution < -0.4 is 16.4 Å². The molecule has 1 heterocycles. The van der Waals surface area contributed by atoms with Crippen LogP contribution in [0.15, 0.2) is 0 Å². The SMILES string of the molecule is CCOC(=O)[C@]1(O)C[C@H](O)[C@@H](NC(C)=O)C([C@H](O)[C@H](O)CNC(N)=O)O1. The lowest BCUT2D eigenvalue weighted by molar-refractivity contribution is -0.296. The number of primary amides is 1. The number of nitrogens with one attached hydrogen (secondary N) is 2. The van der Waals surface area contributed by atoms with Crippen molar-refractivity contribution >= 4 is 17.9 Å². The monoisotopic (exact) mass is 379 g/mol. The fourth-order valence-electron chi connectivity index (χ4n) is 2.59. The van der Waals surface area contributed by atoms with E-state index < -0.39 is 67.1 Å². The quantitative estimate of drug-likeness (QED) is 0.217. The molecule has 0 saturated carbocycles. The van der Waals surface area contributed by atoms with E-state index in [4.69, 9.17) is 10.5 Å². The Morgan fingerprint density at radius 2 is 2.00 bits per heavy atom. The van der Waals surface area contributed by atoms with Gasteiger partial charge < -0.3 is 46.3 Å². The molecule has 12 nitrogen and oxygen atoms in total. The average Bonchev–Trinajstić information content (AvgIpc) is 2.54. The summed E-state index contributed by atoms with van der Waals surface area (Å²) in [5.74, 6) is -4.36. The number of carbonyl (C=O) groups excluding carboxylic acids is 3. The topological polar surface area (TPSA) is 201 Å². The third-order valence-corrected chi connectivity index (χ3v) is 3.77. The van der Waals surface area contributed by atoms with Crippen molar-refractivity contribution < 1.29 is 44.3 Å². The number of carbonyl (C=O) groups is 3. The Morgan fingerprint density at radius 1 is 1.38 bits per heavy atom. The summed E-state index contributed by atoms with van der Waals surface area (Å²) in [5, 5.41) is 45.3. The van der Waals surface area contributed by atoms with E-state index in [0.29, 0.717) is 0 Å². The van der Waals surface area contributed by atoms with Gasteiger partial charge in [0.15, 0.2) is 0 Å². The molecular formula is C14H25N3O9. The third-order valence-electron chi connectivity index (χ3n) is 3.77. The Labute approximate surface area is 149 Å². The molecule has 150 valence electrons. The molecule has 0 bridgehead atoms. The molecule has 0 aliphatic carbocycles. The number of rotatable bonds is 7. The molecular weight excluding hydrogens is 354 g/mol. The van der Waals surface area contributed by atoms with Crippen LogP contribution in [0, 0.1) is 0 Å². The molecule has 1 saturated heterocycles. The van der Waals surface area contributed by atoms with Gasteiger partial charge in [-0.3, -0.25) is 4.79 Å². The first-order chi connectivity index (χ1) is 12.0. The van der Waals surface area contributed by atoms with Gasteiger partial charge in [-0.2, -0.15) is 0 Å². The molecule has 1 unspecified atom stereocenters. The second-order valence-corrected chi connectivity index (χ2v) is 5.89. The zero-order valence-corrected chi connectivity index (χ0v) is 14.4. The van der Waals surface area contributed by atoms with E-state index in [9.17, 15) is 34.8 Å². The van der Waals surface area contributed by atoms with E-state index >= 15 is 0 Å². The second kappa shape index (κ2) is 9.09. The Hall–Kier alpha value is -1.99. The number of esters is 1. The van der Waals surface area contributed by atoms with Crippen LogP contribution in [-0.2, 0) is 19.1 Å². The highest BCUT2D eigenvalue weighted by Gasteiger charge is 2.54. The van der Waals surface area contributed by atoms with Crippen molar-refractivity contribution in [3.63, 3.8) is 0 Å². The van der Waals surface area contributed by atoms with Crippen molar-refractivity contribution in [2.75, 3.05) is 13.2 Å². The van der Waals surface area contributed by atoms with Crippen LogP contribution >= 0.6 is 0 Å². The van der Waals surface area contributed by atoms with E-state index in [1.165, 1.54) is 6.92 Å². The van der Waals surface area contributed by atoms with Crippen LogP contribution in [0.2, 0.25) is 0 Å². The predicted octanol–water partition coefficient (Wildman–Crippen LogP) is -3.72. The molecule has 1 rings (SSSR count). The van der Waals surface area contributed by atoms with E-state index in [0.717, 1.165) is 6.92 Å². The fraction of sp³-hybridized carbons (Fsp3) is 0.786. The normalized spacial score (nSPS) is 30.8. The average molecular weight is 379 g/mol. The molecule has 6 atom stereocenters. The molecule has 0 aromatic heterocycles. The molecule has 1 aliphatic heterocycles. The largest absolute Gasteiger partial charge is 0.462 e. The van der Waals surface area contributed by atoms with Gasteiger partial charge in [0.1, 0.15) is 12.2 Å². The Balaban J connectivity index is 3.05. The summed E-state index contributed by atoms with van der Waals surface area (Å²) in [5.41, 5.74) is 4.88. The fourth-order valence-corrected chi connectivity index (χ4v) is 2.59. The van der Waals surface area contributed by atoms with Crippen molar-refractivity contribution in [2.24, 2.45) is 5.73 Å². The highest BCUT2D eigenvalue weighted by Crippen LogP contribution is 2.31. The van der Waals surface area contributed by atoms with Gasteiger partial charge in [-0.25, -0.2) is 9.59 Å². The lowest BCUT2D eigenvalue weighted by atomic mass is 9.88. The number of urea groups is 1. The number of nitrogens with two attached hydrogens (primary N) is 1. The number of aliphatic hydroxyl groups is 4. The third kappa shape index (κ3) is 5.51. The molecule has 1 aliphatic rings. The van der Waals surface area contributed by atoms with Gasteiger partial charge in [-0.1, -0.05) is 0 Å².